The van der Waals surface area contributed by atoms with E-state index in [0.717, 1.165) is 17.8 Å². The van der Waals surface area contributed by atoms with Gasteiger partial charge >= 0.3 is 0 Å². The summed E-state index contributed by atoms with van der Waals surface area (Å²) in [6, 6.07) is 3.69. The van der Waals surface area contributed by atoms with Crippen LogP contribution in [0.4, 0.5) is 0 Å². The number of morpholine rings is 1. The average molecular weight is 333 g/mol. The third kappa shape index (κ3) is 4.31. The Hall–Kier alpha value is -1.34. The molecule has 0 spiro atoms. The molecule has 2 aromatic heterocycles. The van der Waals surface area contributed by atoms with Crippen LogP contribution in [-0.2, 0) is 16.1 Å². The van der Waals surface area contributed by atoms with Gasteiger partial charge in [-0.05, 0) is 17.7 Å². The van der Waals surface area contributed by atoms with Gasteiger partial charge in [0.2, 0.25) is 5.91 Å². The summed E-state index contributed by atoms with van der Waals surface area (Å²) in [5, 5.41) is 6.03. The number of ether oxygens (including phenoxy) is 1. The Balaban J connectivity index is 0.00000110. The maximum absolute atomic E-state index is 11.9. The molecule has 0 aromatic carbocycles. The van der Waals surface area contributed by atoms with Gasteiger partial charge in [-0.25, -0.2) is 4.98 Å². The number of carbonyl (C=O) groups is 1. The van der Waals surface area contributed by atoms with Crippen LogP contribution < -0.4 is 10.6 Å². The SMILES string of the molecule is Cl.Cl.O=C(NCc1ccn2ccnc2c1)C1COCCN1. The van der Waals surface area contributed by atoms with Crippen LogP contribution in [0.2, 0.25) is 0 Å². The predicted molar refractivity (Wildman–Crippen MR) is 84.1 cm³/mol. The number of pyridine rings is 1. The molecule has 8 heteroatoms. The van der Waals surface area contributed by atoms with Gasteiger partial charge < -0.3 is 19.8 Å². The summed E-state index contributed by atoms with van der Waals surface area (Å²) in [6.45, 7) is 2.32. The second-order valence-electron chi connectivity index (χ2n) is 4.53. The highest BCUT2D eigenvalue weighted by Crippen LogP contribution is 2.05. The summed E-state index contributed by atoms with van der Waals surface area (Å²) >= 11 is 0. The van der Waals surface area contributed by atoms with E-state index >= 15 is 0 Å². The van der Waals surface area contributed by atoms with E-state index in [1.807, 2.05) is 28.9 Å². The lowest BCUT2D eigenvalue weighted by molar-refractivity contribution is -0.126. The minimum atomic E-state index is -0.246. The van der Waals surface area contributed by atoms with E-state index in [0.29, 0.717) is 19.8 Å². The number of hydrogen-bond donors (Lipinski definition) is 2. The molecule has 1 fully saturated rings. The maximum Gasteiger partial charge on any atom is 0.239 e. The molecule has 0 aliphatic carbocycles. The fourth-order valence-corrected chi connectivity index (χ4v) is 2.11. The van der Waals surface area contributed by atoms with Crippen molar-refractivity contribution in [2.45, 2.75) is 12.6 Å². The summed E-state index contributed by atoms with van der Waals surface area (Å²) in [5.41, 5.74) is 1.91. The van der Waals surface area contributed by atoms with E-state index in [1.165, 1.54) is 0 Å². The summed E-state index contributed by atoms with van der Waals surface area (Å²) < 4.78 is 7.20. The van der Waals surface area contributed by atoms with Crippen LogP contribution in [0.25, 0.3) is 5.65 Å². The molecule has 1 unspecified atom stereocenters. The number of fused-ring (bicyclic) bond motifs is 1. The van der Waals surface area contributed by atoms with Crippen molar-refractivity contribution in [1.29, 1.82) is 0 Å². The van der Waals surface area contributed by atoms with Crippen molar-refractivity contribution in [1.82, 2.24) is 20.0 Å². The Bertz CT molecular complexity index is 584. The Kier molecular flexibility index (Phi) is 6.91. The molecule has 3 heterocycles. The van der Waals surface area contributed by atoms with Gasteiger partial charge in [0.05, 0.1) is 13.2 Å². The summed E-state index contributed by atoms with van der Waals surface area (Å²) in [7, 11) is 0. The zero-order chi connectivity index (χ0) is 13.1. The quantitative estimate of drug-likeness (QED) is 0.871. The number of halogens is 2. The number of aromatic nitrogens is 2. The van der Waals surface area contributed by atoms with Crippen LogP contribution >= 0.6 is 24.8 Å². The first-order valence-corrected chi connectivity index (χ1v) is 6.33. The largest absolute Gasteiger partial charge is 0.378 e. The Morgan fingerprint density at radius 1 is 1.48 bits per heavy atom. The van der Waals surface area contributed by atoms with E-state index in [4.69, 9.17) is 4.74 Å². The lowest BCUT2D eigenvalue weighted by Gasteiger charge is -2.22. The van der Waals surface area contributed by atoms with E-state index in [-0.39, 0.29) is 36.8 Å². The number of hydrogen-bond acceptors (Lipinski definition) is 4. The maximum atomic E-state index is 11.9. The van der Waals surface area contributed by atoms with Crippen LogP contribution in [-0.4, -0.2) is 41.1 Å². The molecule has 3 rings (SSSR count). The number of carbonyl (C=O) groups excluding carboxylic acids is 1. The van der Waals surface area contributed by atoms with Gasteiger partial charge in [-0.3, -0.25) is 4.79 Å². The predicted octanol–water partition coefficient (Wildman–Crippen LogP) is 0.782. The monoisotopic (exact) mass is 332 g/mol. The van der Waals surface area contributed by atoms with Crippen LogP contribution in [0, 0.1) is 0 Å². The first-order valence-electron chi connectivity index (χ1n) is 6.33. The fourth-order valence-electron chi connectivity index (χ4n) is 2.11. The van der Waals surface area contributed by atoms with Gasteiger partial charge in [0.1, 0.15) is 11.7 Å². The van der Waals surface area contributed by atoms with Crippen molar-refractivity contribution in [2.75, 3.05) is 19.8 Å². The van der Waals surface area contributed by atoms with Gasteiger partial charge in [0.15, 0.2) is 0 Å². The highest BCUT2D eigenvalue weighted by molar-refractivity contribution is 5.85. The van der Waals surface area contributed by atoms with Crippen molar-refractivity contribution in [3.63, 3.8) is 0 Å². The normalized spacial score (nSPS) is 17.6. The molecule has 1 amide bonds. The number of nitrogens with one attached hydrogen (secondary N) is 2. The molecule has 0 saturated carbocycles. The molecular weight excluding hydrogens is 315 g/mol. The fraction of sp³-hybridized carbons (Fsp3) is 0.385. The standard InChI is InChI=1S/C13H16N4O2.2ClH/c18-13(11-9-19-6-3-14-11)16-8-10-1-4-17-5-2-15-12(17)7-10;;/h1-2,4-5,7,11,14H,3,6,8-9H2,(H,16,18);2*1H. The second kappa shape index (κ2) is 8.19. The van der Waals surface area contributed by atoms with E-state index < -0.39 is 0 Å². The molecule has 1 atom stereocenters. The lowest BCUT2D eigenvalue weighted by Crippen LogP contribution is -2.51. The lowest BCUT2D eigenvalue weighted by atomic mass is 10.2. The van der Waals surface area contributed by atoms with Crippen molar-refractivity contribution < 1.29 is 9.53 Å². The smallest absolute Gasteiger partial charge is 0.239 e. The molecule has 116 valence electrons. The van der Waals surface area contributed by atoms with Gasteiger partial charge in [-0.2, -0.15) is 0 Å². The van der Waals surface area contributed by atoms with Crippen LogP contribution in [0.1, 0.15) is 5.56 Å². The molecular formula is C13H18Cl2N4O2. The topological polar surface area (TPSA) is 67.7 Å². The molecule has 6 nitrogen and oxygen atoms in total. The minimum Gasteiger partial charge on any atom is -0.378 e. The van der Waals surface area contributed by atoms with Crippen molar-refractivity contribution in [2.24, 2.45) is 0 Å². The van der Waals surface area contributed by atoms with Gasteiger partial charge in [0.25, 0.3) is 0 Å². The van der Waals surface area contributed by atoms with E-state index in [2.05, 4.69) is 15.6 Å². The molecule has 21 heavy (non-hydrogen) atoms. The Morgan fingerprint density at radius 3 is 3.10 bits per heavy atom. The van der Waals surface area contributed by atoms with Gasteiger partial charge in [-0.1, -0.05) is 0 Å². The number of imidazole rings is 1. The van der Waals surface area contributed by atoms with Crippen LogP contribution in [0.3, 0.4) is 0 Å². The molecule has 0 bridgehead atoms. The van der Waals surface area contributed by atoms with E-state index in [9.17, 15) is 4.79 Å². The van der Waals surface area contributed by atoms with Crippen LogP contribution in [0.15, 0.2) is 30.7 Å². The number of amides is 1. The highest BCUT2D eigenvalue weighted by Gasteiger charge is 2.20. The molecule has 1 aliphatic rings. The molecule has 2 aromatic rings. The molecule has 1 aliphatic heterocycles. The van der Waals surface area contributed by atoms with Crippen LogP contribution in [0.5, 0.6) is 0 Å². The number of rotatable bonds is 3. The zero-order valence-corrected chi connectivity index (χ0v) is 13.0. The third-order valence-corrected chi connectivity index (χ3v) is 3.17. The van der Waals surface area contributed by atoms with Gasteiger partial charge in [-0.15, -0.1) is 24.8 Å². The third-order valence-electron chi connectivity index (χ3n) is 3.17. The first-order chi connectivity index (χ1) is 9.33. The van der Waals surface area contributed by atoms with Crippen molar-refractivity contribution in [3.05, 3.63) is 36.3 Å². The molecule has 2 N–H and O–H groups in total. The minimum absolute atomic E-state index is 0. The molecule has 0 radical (unpaired) electrons. The van der Waals surface area contributed by atoms with E-state index in [1.54, 1.807) is 6.20 Å². The summed E-state index contributed by atoms with van der Waals surface area (Å²) in [6.07, 6.45) is 5.58. The summed E-state index contributed by atoms with van der Waals surface area (Å²) in [5.74, 6) is -0.0251. The highest BCUT2D eigenvalue weighted by atomic mass is 35.5. The number of nitrogens with zero attached hydrogens (tertiary/aromatic N) is 2. The van der Waals surface area contributed by atoms with Crippen molar-refractivity contribution >= 4 is 36.4 Å². The first kappa shape index (κ1) is 17.7. The average Bonchev–Trinajstić information content (AvgIpc) is 2.93. The second-order valence-corrected chi connectivity index (χ2v) is 4.53. The Labute approximate surface area is 135 Å². The zero-order valence-electron chi connectivity index (χ0n) is 11.3. The molecule has 1 saturated heterocycles. The van der Waals surface area contributed by atoms with Crippen molar-refractivity contribution in [3.8, 4) is 0 Å². The van der Waals surface area contributed by atoms with Gasteiger partial charge in [0, 0.05) is 31.7 Å². The summed E-state index contributed by atoms with van der Waals surface area (Å²) in [4.78, 5) is 16.1. The Morgan fingerprint density at radius 2 is 2.33 bits per heavy atom.